The van der Waals surface area contributed by atoms with Crippen LogP contribution >= 0.6 is 11.6 Å². The first kappa shape index (κ1) is 20.2. The summed E-state index contributed by atoms with van der Waals surface area (Å²) in [5.41, 5.74) is 2.18. The second-order valence-corrected chi connectivity index (χ2v) is 6.54. The molecule has 8 heteroatoms. The molecule has 0 saturated heterocycles. The minimum Gasteiger partial charge on any atom is -0.490 e. The van der Waals surface area contributed by atoms with Gasteiger partial charge < -0.3 is 15.4 Å². The summed E-state index contributed by atoms with van der Waals surface area (Å²) < 4.78 is 4.95. The van der Waals surface area contributed by atoms with Gasteiger partial charge in [-0.25, -0.2) is 0 Å². The average Bonchev–Trinajstić information content (AvgIpc) is 2.73. The smallest absolute Gasteiger partial charge is 0.311 e. The predicted molar refractivity (Wildman–Crippen MR) is 113 cm³/mol. The van der Waals surface area contributed by atoms with E-state index in [9.17, 15) is 14.9 Å². The van der Waals surface area contributed by atoms with Crippen LogP contribution in [-0.4, -0.2) is 17.9 Å². The first-order valence-corrected chi connectivity index (χ1v) is 9.07. The van der Waals surface area contributed by atoms with E-state index in [1.54, 1.807) is 18.2 Å². The quantitative estimate of drug-likeness (QED) is 0.415. The lowest BCUT2D eigenvalue weighted by Crippen LogP contribution is -2.12. The van der Waals surface area contributed by atoms with Gasteiger partial charge in [-0.3, -0.25) is 14.9 Å². The van der Waals surface area contributed by atoms with Gasteiger partial charge in [0.15, 0.2) is 5.75 Å². The number of benzene rings is 3. The Hall–Kier alpha value is -3.58. The van der Waals surface area contributed by atoms with Crippen LogP contribution in [0.2, 0.25) is 5.02 Å². The summed E-state index contributed by atoms with van der Waals surface area (Å²) in [5.74, 6) is -0.403. The molecular weight excluding hydrogens is 394 g/mol. The van der Waals surface area contributed by atoms with Gasteiger partial charge in [-0.05, 0) is 35.9 Å². The first-order valence-electron chi connectivity index (χ1n) is 8.69. The van der Waals surface area contributed by atoms with Crippen LogP contribution in [0.5, 0.6) is 5.75 Å². The SMILES string of the molecule is COc1ccc(C(=O)Nc2ccc(NCc3ccccc3)c(Cl)c2)cc1[N+](=O)[O-]. The fraction of sp³-hybridized carbons (Fsp3) is 0.0952. The largest absolute Gasteiger partial charge is 0.490 e. The molecule has 7 nitrogen and oxygen atoms in total. The zero-order valence-electron chi connectivity index (χ0n) is 15.5. The van der Waals surface area contributed by atoms with Gasteiger partial charge >= 0.3 is 5.69 Å². The van der Waals surface area contributed by atoms with Crippen molar-refractivity contribution in [2.24, 2.45) is 0 Å². The number of amides is 1. The summed E-state index contributed by atoms with van der Waals surface area (Å²) in [5, 5.41) is 17.5. The zero-order valence-corrected chi connectivity index (χ0v) is 16.3. The molecule has 0 unspecified atom stereocenters. The van der Waals surface area contributed by atoms with Crippen LogP contribution in [-0.2, 0) is 6.54 Å². The van der Waals surface area contributed by atoms with Gasteiger partial charge in [0.2, 0.25) is 0 Å². The molecule has 3 aromatic rings. The maximum Gasteiger partial charge on any atom is 0.311 e. The molecule has 0 spiro atoms. The summed E-state index contributed by atoms with van der Waals surface area (Å²) in [6.45, 7) is 0.613. The van der Waals surface area contributed by atoms with Crippen molar-refractivity contribution < 1.29 is 14.5 Å². The van der Waals surface area contributed by atoms with E-state index in [2.05, 4.69) is 10.6 Å². The third-order valence-corrected chi connectivity index (χ3v) is 4.50. The van der Waals surface area contributed by atoms with Gasteiger partial charge in [0, 0.05) is 23.9 Å². The fourth-order valence-electron chi connectivity index (χ4n) is 2.71. The average molecular weight is 412 g/mol. The maximum atomic E-state index is 12.5. The van der Waals surface area contributed by atoms with Crippen molar-refractivity contribution in [3.8, 4) is 5.75 Å². The molecule has 29 heavy (non-hydrogen) atoms. The Bertz CT molecular complexity index is 1040. The van der Waals surface area contributed by atoms with E-state index in [0.29, 0.717) is 17.3 Å². The van der Waals surface area contributed by atoms with Crippen LogP contribution in [0.4, 0.5) is 17.1 Å². The van der Waals surface area contributed by atoms with Gasteiger partial charge in [-0.15, -0.1) is 0 Å². The summed E-state index contributed by atoms with van der Waals surface area (Å²) in [7, 11) is 1.33. The molecule has 0 bridgehead atoms. The molecule has 3 rings (SSSR count). The molecule has 3 aromatic carbocycles. The van der Waals surface area contributed by atoms with Crippen LogP contribution in [0.3, 0.4) is 0 Å². The number of methoxy groups -OCH3 is 1. The van der Waals surface area contributed by atoms with Crippen molar-refractivity contribution >= 4 is 34.6 Å². The van der Waals surface area contributed by atoms with Crippen LogP contribution in [0.1, 0.15) is 15.9 Å². The highest BCUT2D eigenvalue weighted by Crippen LogP contribution is 2.29. The number of anilines is 2. The number of halogens is 1. The van der Waals surface area contributed by atoms with Gasteiger partial charge in [0.05, 0.1) is 22.7 Å². The monoisotopic (exact) mass is 411 g/mol. The lowest BCUT2D eigenvalue weighted by molar-refractivity contribution is -0.385. The topological polar surface area (TPSA) is 93.5 Å². The Morgan fingerprint density at radius 3 is 2.52 bits per heavy atom. The lowest BCUT2D eigenvalue weighted by Gasteiger charge is -2.11. The minimum absolute atomic E-state index is 0.0865. The highest BCUT2D eigenvalue weighted by atomic mass is 35.5. The highest BCUT2D eigenvalue weighted by molar-refractivity contribution is 6.33. The Balaban J connectivity index is 1.70. The van der Waals surface area contributed by atoms with Crippen molar-refractivity contribution in [3.05, 3.63) is 93.0 Å². The molecule has 0 heterocycles. The number of carbonyl (C=O) groups is 1. The molecule has 0 aromatic heterocycles. The van der Waals surface area contributed by atoms with Crippen molar-refractivity contribution in [3.63, 3.8) is 0 Å². The lowest BCUT2D eigenvalue weighted by atomic mass is 10.1. The van der Waals surface area contributed by atoms with Crippen molar-refractivity contribution in [1.29, 1.82) is 0 Å². The number of carbonyl (C=O) groups excluding carboxylic acids is 1. The second-order valence-electron chi connectivity index (χ2n) is 6.13. The molecule has 0 aliphatic carbocycles. The van der Waals surface area contributed by atoms with Gasteiger partial charge in [-0.2, -0.15) is 0 Å². The first-order chi connectivity index (χ1) is 14.0. The fourth-order valence-corrected chi connectivity index (χ4v) is 2.95. The zero-order chi connectivity index (χ0) is 20.8. The predicted octanol–water partition coefficient (Wildman–Crippen LogP) is 5.12. The standard InChI is InChI=1S/C21H18ClN3O4/c1-29-20-10-7-15(11-19(20)25(27)28)21(26)24-16-8-9-18(17(22)12-16)23-13-14-5-3-2-4-6-14/h2-12,23H,13H2,1H3,(H,24,26). The van der Waals surface area contributed by atoms with Crippen molar-refractivity contribution in [2.75, 3.05) is 17.7 Å². The summed E-state index contributed by atoms with van der Waals surface area (Å²) >= 11 is 6.31. The van der Waals surface area contributed by atoms with E-state index in [4.69, 9.17) is 16.3 Å². The number of nitrogens with zero attached hydrogens (tertiary/aromatic N) is 1. The van der Waals surface area contributed by atoms with Crippen LogP contribution in [0, 0.1) is 10.1 Å². The van der Waals surface area contributed by atoms with Crippen LogP contribution < -0.4 is 15.4 Å². The van der Waals surface area contributed by atoms with Gasteiger partial charge in [0.1, 0.15) is 0 Å². The van der Waals surface area contributed by atoms with E-state index in [-0.39, 0.29) is 17.0 Å². The number of hydrogen-bond acceptors (Lipinski definition) is 5. The maximum absolute atomic E-state index is 12.5. The molecule has 0 fully saturated rings. The molecule has 0 radical (unpaired) electrons. The summed E-state index contributed by atoms with van der Waals surface area (Å²) in [4.78, 5) is 23.0. The van der Waals surface area contributed by atoms with E-state index in [0.717, 1.165) is 11.3 Å². The van der Waals surface area contributed by atoms with E-state index < -0.39 is 10.8 Å². The Morgan fingerprint density at radius 1 is 1.10 bits per heavy atom. The number of ether oxygens (including phenoxy) is 1. The Kier molecular flexibility index (Phi) is 6.31. The number of nitro benzene ring substituents is 1. The van der Waals surface area contributed by atoms with Gasteiger partial charge in [-0.1, -0.05) is 41.9 Å². The molecule has 0 aliphatic rings. The van der Waals surface area contributed by atoms with Crippen LogP contribution in [0.25, 0.3) is 0 Å². The number of rotatable bonds is 7. The highest BCUT2D eigenvalue weighted by Gasteiger charge is 2.18. The van der Waals surface area contributed by atoms with Crippen molar-refractivity contribution in [2.45, 2.75) is 6.54 Å². The molecule has 0 aliphatic heterocycles. The Labute approximate surface area is 172 Å². The third kappa shape index (κ3) is 5.03. The van der Waals surface area contributed by atoms with E-state index in [1.165, 1.54) is 25.3 Å². The van der Waals surface area contributed by atoms with E-state index in [1.807, 2.05) is 30.3 Å². The summed E-state index contributed by atoms with van der Waals surface area (Å²) in [6.07, 6.45) is 0. The molecular formula is C21H18ClN3O4. The minimum atomic E-state index is -0.598. The summed E-state index contributed by atoms with van der Waals surface area (Å²) in [6, 6.07) is 19.0. The van der Waals surface area contributed by atoms with E-state index >= 15 is 0 Å². The number of nitrogens with one attached hydrogen (secondary N) is 2. The molecule has 0 saturated carbocycles. The third-order valence-electron chi connectivity index (χ3n) is 4.19. The molecule has 1 amide bonds. The Morgan fingerprint density at radius 2 is 1.86 bits per heavy atom. The van der Waals surface area contributed by atoms with Crippen LogP contribution in [0.15, 0.2) is 66.7 Å². The molecule has 148 valence electrons. The second kappa shape index (κ2) is 9.07. The van der Waals surface area contributed by atoms with Gasteiger partial charge in [0.25, 0.3) is 5.91 Å². The normalized spacial score (nSPS) is 10.3. The van der Waals surface area contributed by atoms with Crippen molar-refractivity contribution in [1.82, 2.24) is 0 Å². The number of nitro groups is 1. The molecule has 0 atom stereocenters. The molecule has 2 N–H and O–H groups in total. The number of hydrogen-bond donors (Lipinski definition) is 2.